The Kier molecular flexibility index (Phi) is 5.62. The van der Waals surface area contributed by atoms with E-state index in [1.165, 1.54) is 24.1 Å². The lowest BCUT2D eigenvalue weighted by atomic mass is 9.95. The molecule has 2 unspecified atom stereocenters. The van der Waals surface area contributed by atoms with E-state index in [2.05, 4.69) is 54.3 Å². The number of aryl methyl sites for hydroxylation is 1. The fraction of sp³-hybridized carbons (Fsp3) is 0.647. The van der Waals surface area contributed by atoms with Crippen LogP contribution in [0, 0.1) is 6.92 Å². The summed E-state index contributed by atoms with van der Waals surface area (Å²) in [5.41, 5.74) is 2.53. The normalized spacial score (nSPS) is 22.8. The van der Waals surface area contributed by atoms with Crippen molar-refractivity contribution in [1.29, 1.82) is 0 Å². The largest absolute Gasteiger partial charge is 0.496 e. The number of ether oxygens (including phenoxy) is 1. The quantitative estimate of drug-likeness (QED) is 0.917. The maximum Gasteiger partial charge on any atom is 0.123 e. The van der Waals surface area contributed by atoms with Crippen LogP contribution in [0.15, 0.2) is 18.2 Å². The smallest absolute Gasteiger partial charge is 0.123 e. The Bertz CT molecular complexity index is 463. The molecule has 1 aliphatic rings. The summed E-state index contributed by atoms with van der Waals surface area (Å²) in [7, 11) is 8.25. The van der Waals surface area contributed by atoms with Gasteiger partial charge in [-0.1, -0.05) is 17.7 Å². The van der Waals surface area contributed by atoms with Crippen LogP contribution in [0.1, 0.15) is 23.6 Å². The van der Waals surface area contributed by atoms with Crippen LogP contribution < -0.4 is 10.1 Å². The zero-order valence-corrected chi connectivity index (χ0v) is 14.0. The summed E-state index contributed by atoms with van der Waals surface area (Å²) in [6.07, 6.45) is 1.23. The van der Waals surface area contributed by atoms with Gasteiger partial charge in [-0.25, -0.2) is 0 Å². The first-order chi connectivity index (χ1) is 10.1. The van der Waals surface area contributed by atoms with Gasteiger partial charge < -0.3 is 19.9 Å². The number of nitrogens with zero attached hydrogens (tertiary/aromatic N) is 2. The van der Waals surface area contributed by atoms with Gasteiger partial charge in [-0.15, -0.1) is 0 Å². The topological polar surface area (TPSA) is 27.7 Å². The lowest BCUT2D eigenvalue weighted by Crippen LogP contribution is -2.46. The summed E-state index contributed by atoms with van der Waals surface area (Å²) in [5.74, 6) is 0.972. The molecule has 1 aromatic rings. The Morgan fingerprint density at radius 2 is 2.05 bits per heavy atom. The van der Waals surface area contributed by atoms with Crippen LogP contribution in [0.5, 0.6) is 5.75 Å². The van der Waals surface area contributed by atoms with Crippen LogP contribution in [-0.2, 0) is 0 Å². The molecular formula is C17H29N3O. The number of benzene rings is 1. The average molecular weight is 291 g/mol. The molecule has 1 heterocycles. The van der Waals surface area contributed by atoms with E-state index in [1.807, 2.05) is 7.05 Å². The molecule has 4 nitrogen and oxygen atoms in total. The fourth-order valence-corrected chi connectivity index (χ4v) is 3.32. The van der Waals surface area contributed by atoms with Crippen molar-refractivity contribution in [2.75, 3.05) is 47.9 Å². The zero-order chi connectivity index (χ0) is 15.4. The van der Waals surface area contributed by atoms with Crippen molar-refractivity contribution < 1.29 is 4.74 Å². The Hall–Kier alpha value is -1.10. The van der Waals surface area contributed by atoms with Crippen molar-refractivity contribution in [3.63, 3.8) is 0 Å². The summed E-state index contributed by atoms with van der Waals surface area (Å²) in [5, 5.41) is 3.52. The summed E-state index contributed by atoms with van der Waals surface area (Å²) in [4.78, 5) is 4.91. The van der Waals surface area contributed by atoms with E-state index in [-0.39, 0.29) is 6.04 Å². The van der Waals surface area contributed by atoms with Gasteiger partial charge >= 0.3 is 0 Å². The molecule has 0 aliphatic carbocycles. The van der Waals surface area contributed by atoms with Crippen LogP contribution in [0.2, 0.25) is 0 Å². The van der Waals surface area contributed by atoms with Crippen LogP contribution in [0.3, 0.4) is 0 Å². The highest BCUT2D eigenvalue weighted by atomic mass is 16.5. The molecule has 0 spiro atoms. The van der Waals surface area contributed by atoms with Crippen LogP contribution in [-0.4, -0.2) is 63.7 Å². The molecule has 0 amide bonds. The van der Waals surface area contributed by atoms with Gasteiger partial charge in [0.05, 0.1) is 13.2 Å². The third kappa shape index (κ3) is 3.76. The van der Waals surface area contributed by atoms with Crippen LogP contribution >= 0.6 is 0 Å². The second kappa shape index (κ2) is 7.25. The molecule has 1 saturated heterocycles. The Labute approximate surface area is 129 Å². The summed E-state index contributed by atoms with van der Waals surface area (Å²) in [6, 6.07) is 7.15. The molecule has 1 N–H and O–H groups in total. The van der Waals surface area contributed by atoms with Crippen molar-refractivity contribution in [1.82, 2.24) is 15.1 Å². The molecule has 21 heavy (non-hydrogen) atoms. The van der Waals surface area contributed by atoms with E-state index in [0.29, 0.717) is 6.04 Å². The molecule has 1 aliphatic heterocycles. The van der Waals surface area contributed by atoms with E-state index in [9.17, 15) is 0 Å². The van der Waals surface area contributed by atoms with Crippen molar-refractivity contribution in [3.8, 4) is 5.75 Å². The molecular weight excluding hydrogens is 262 g/mol. The van der Waals surface area contributed by atoms with Crippen molar-refractivity contribution in [3.05, 3.63) is 29.3 Å². The number of methoxy groups -OCH3 is 1. The maximum absolute atomic E-state index is 5.60. The van der Waals surface area contributed by atoms with Crippen LogP contribution in [0.4, 0.5) is 0 Å². The lowest BCUT2D eigenvalue weighted by Gasteiger charge is -2.35. The standard InChI is InChI=1S/C17H29N3O/c1-13-7-8-16(21-5)14(11-13)17(18-2)15-12-19(3)9-6-10-20(15)4/h7-8,11,15,17-18H,6,9-10,12H2,1-5H3. The molecule has 118 valence electrons. The van der Waals surface area contributed by atoms with Crippen LogP contribution in [0.25, 0.3) is 0 Å². The molecule has 2 rings (SSSR count). The molecule has 0 saturated carbocycles. The van der Waals surface area contributed by atoms with Gasteiger partial charge in [0.1, 0.15) is 5.75 Å². The molecule has 2 atom stereocenters. The number of nitrogens with one attached hydrogen (secondary N) is 1. The van der Waals surface area contributed by atoms with E-state index in [4.69, 9.17) is 4.74 Å². The summed E-state index contributed by atoms with van der Waals surface area (Å²) < 4.78 is 5.60. The Morgan fingerprint density at radius 1 is 1.29 bits per heavy atom. The highest BCUT2D eigenvalue weighted by Gasteiger charge is 2.30. The second-order valence-electron chi connectivity index (χ2n) is 6.18. The third-order valence-corrected chi connectivity index (χ3v) is 4.53. The highest BCUT2D eigenvalue weighted by molar-refractivity contribution is 5.40. The monoisotopic (exact) mass is 291 g/mol. The van der Waals surface area contributed by atoms with E-state index < -0.39 is 0 Å². The van der Waals surface area contributed by atoms with Gasteiger partial charge in [0, 0.05) is 18.2 Å². The predicted octanol–water partition coefficient (Wildman–Crippen LogP) is 1.90. The molecule has 1 aromatic carbocycles. The van der Waals surface area contributed by atoms with E-state index in [1.54, 1.807) is 7.11 Å². The minimum absolute atomic E-state index is 0.269. The SMILES string of the molecule is CNC(c1cc(C)ccc1OC)C1CN(C)CCCN1C. The summed E-state index contributed by atoms with van der Waals surface area (Å²) >= 11 is 0. The zero-order valence-electron chi connectivity index (χ0n) is 14.0. The first-order valence-corrected chi connectivity index (χ1v) is 7.77. The van der Waals surface area contributed by atoms with Crippen molar-refractivity contribution >= 4 is 0 Å². The Morgan fingerprint density at radius 3 is 2.71 bits per heavy atom. The van der Waals surface area contributed by atoms with Crippen molar-refractivity contribution in [2.45, 2.75) is 25.4 Å². The molecule has 0 bridgehead atoms. The number of rotatable bonds is 4. The lowest BCUT2D eigenvalue weighted by molar-refractivity contribution is 0.181. The van der Waals surface area contributed by atoms with Crippen molar-refractivity contribution in [2.24, 2.45) is 0 Å². The highest BCUT2D eigenvalue weighted by Crippen LogP contribution is 2.31. The van der Waals surface area contributed by atoms with E-state index in [0.717, 1.165) is 18.8 Å². The van der Waals surface area contributed by atoms with E-state index >= 15 is 0 Å². The van der Waals surface area contributed by atoms with Gasteiger partial charge in [0.15, 0.2) is 0 Å². The maximum atomic E-state index is 5.60. The first kappa shape index (κ1) is 16.3. The second-order valence-corrected chi connectivity index (χ2v) is 6.18. The molecule has 0 aromatic heterocycles. The van der Waals surface area contributed by atoms with Gasteiger partial charge in [-0.2, -0.15) is 0 Å². The summed E-state index contributed by atoms with van der Waals surface area (Å²) in [6.45, 7) is 5.52. The third-order valence-electron chi connectivity index (χ3n) is 4.53. The van der Waals surface area contributed by atoms with Gasteiger partial charge in [-0.05, 0) is 53.6 Å². The number of hydrogen-bond acceptors (Lipinski definition) is 4. The van der Waals surface area contributed by atoms with Gasteiger partial charge in [0.2, 0.25) is 0 Å². The first-order valence-electron chi connectivity index (χ1n) is 7.77. The average Bonchev–Trinajstić information content (AvgIpc) is 2.62. The molecule has 4 heteroatoms. The molecule has 0 radical (unpaired) electrons. The minimum atomic E-state index is 0.269. The van der Waals surface area contributed by atoms with Gasteiger partial charge in [-0.3, -0.25) is 0 Å². The van der Waals surface area contributed by atoms with Gasteiger partial charge in [0.25, 0.3) is 0 Å². The minimum Gasteiger partial charge on any atom is -0.496 e. The fourth-order valence-electron chi connectivity index (χ4n) is 3.32. The Balaban J connectivity index is 2.35. The molecule has 1 fully saturated rings. The predicted molar refractivity (Wildman–Crippen MR) is 88.1 cm³/mol. The number of hydrogen-bond donors (Lipinski definition) is 1. The number of likely N-dealkylation sites (N-methyl/N-ethyl adjacent to an activating group) is 3.